The summed E-state index contributed by atoms with van der Waals surface area (Å²) in [7, 11) is 0. The second-order valence-electron chi connectivity index (χ2n) is 5.63. The van der Waals surface area contributed by atoms with Crippen molar-refractivity contribution in [1.82, 2.24) is 10.2 Å². The second-order valence-corrected chi connectivity index (χ2v) is 5.63. The smallest absolute Gasteiger partial charge is 0.224 e. The number of benzene rings is 1. The van der Waals surface area contributed by atoms with E-state index in [1.807, 2.05) is 6.92 Å². The summed E-state index contributed by atoms with van der Waals surface area (Å²) < 4.78 is 18.4. The highest BCUT2D eigenvalue weighted by Gasteiger charge is 2.30. The first-order chi connectivity index (χ1) is 11.1. The van der Waals surface area contributed by atoms with Crippen LogP contribution in [0.1, 0.15) is 25.3 Å². The zero-order valence-electron chi connectivity index (χ0n) is 13.4. The van der Waals surface area contributed by atoms with Gasteiger partial charge in [0.2, 0.25) is 11.8 Å². The molecule has 0 bridgehead atoms. The van der Waals surface area contributed by atoms with Crippen LogP contribution in [-0.2, 0) is 20.9 Å². The average Bonchev–Trinajstić information content (AvgIpc) is 2.53. The molecule has 6 heteroatoms. The van der Waals surface area contributed by atoms with Crippen molar-refractivity contribution in [2.45, 2.75) is 26.3 Å². The molecule has 0 spiro atoms. The van der Waals surface area contributed by atoms with Gasteiger partial charge in [-0.3, -0.25) is 9.59 Å². The molecule has 23 heavy (non-hydrogen) atoms. The minimum Gasteiger partial charge on any atom is -0.380 e. The Labute approximate surface area is 135 Å². The number of piperidine rings is 1. The van der Waals surface area contributed by atoms with Gasteiger partial charge in [0.25, 0.3) is 0 Å². The standard InChI is InChI=1S/C17H23FN2O3/c1-2-23-9-8-19-17(22)14-6-7-16(21)20(12-14)11-13-4-3-5-15(18)10-13/h3-5,10,14H,2,6-9,11-12H2,1H3,(H,19,22)/t14-/m1/s1. The molecule has 1 fully saturated rings. The van der Waals surface area contributed by atoms with Crippen molar-refractivity contribution < 1.29 is 18.7 Å². The molecule has 0 saturated carbocycles. The molecule has 1 heterocycles. The van der Waals surface area contributed by atoms with E-state index in [2.05, 4.69) is 5.32 Å². The van der Waals surface area contributed by atoms with Crippen molar-refractivity contribution in [2.24, 2.45) is 5.92 Å². The minimum atomic E-state index is -0.322. The third-order valence-corrected chi connectivity index (χ3v) is 3.88. The van der Waals surface area contributed by atoms with E-state index in [0.29, 0.717) is 45.7 Å². The molecular formula is C17H23FN2O3. The average molecular weight is 322 g/mol. The Morgan fingerprint density at radius 3 is 3.04 bits per heavy atom. The molecule has 0 aliphatic carbocycles. The molecule has 1 aromatic carbocycles. The second kappa shape index (κ2) is 8.62. The molecule has 2 amide bonds. The third-order valence-electron chi connectivity index (χ3n) is 3.88. The van der Waals surface area contributed by atoms with Crippen LogP contribution in [0.5, 0.6) is 0 Å². The minimum absolute atomic E-state index is 0.00706. The number of halogens is 1. The van der Waals surface area contributed by atoms with E-state index in [1.165, 1.54) is 12.1 Å². The molecule has 1 saturated heterocycles. The molecule has 1 N–H and O–H groups in total. The summed E-state index contributed by atoms with van der Waals surface area (Å²) in [4.78, 5) is 25.8. The van der Waals surface area contributed by atoms with Gasteiger partial charge in [0.1, 0.15) is 5.82 Å². The van der Waals surface area contributed by atoms with Gasteiger partial charge in [-0.15, -0.1) is 0 Å². The van der Waals surface area contributed by atoms with Crippen LogP contribution >= 0.6 is 0 Å². The van der Waals surface area contributed by atoms with Gasteiger partial charge in [0.05, 0.1) is 12.5 Å². The Morgan fingerprint density at radius 1 is 1.48 bits per heavy atom. The molecule has 5 nitrogen and oxygen atoms in total. The maximum absolute atomic E-state index is 13.2. The van der Waals surface area contributed by atoms with Gasteiger partial charge >= 0.3 is 0 Å². The van der Waals surface area contributed by atoms with E-state index < -0.39 is 0 Å². The Morgan fingerprint density at radius 2 is 2.30 bits per heavy atom. The first-order valence-corrected chi connectivity index (χ1v) is 7.97. The number of nitrogens with one attached hydrogen (secondary N) is 1. The van der Waals surface area contributed by atoms with Crippen molar-refractivity contribution in [3.63, 3.8) is 0 Å². The summed E-state index contributed by atoms with van der Waals surface area (Å²) in [5.74, 6) is -0.589. The fourth-order valence-corrected chi connectivity index (χ4v) is 2.67. The number of carbonyl (C=O) groups excluding carboxylic acids is 2. The number of amides is 2. The highest BCUT2D eigenvalue weighted by atomic mass is 19.1. The predicted octanol–water partition coefficient (Wildman–Crippen LogP) is 1.72. The highest BCUT2D eigenvalue weighted by molar-refractivity contribution is 5.83. The van der Waals surface area contributed by atoms with Crippen LogP contribution in [0, 0.1) is 11.7 Å². The van der Waals surface area contributed by atoms with E-state index >= 15 is 0 Å². The predicted molar refractivity (Wildman–Crippen MR) is 84.0 cm³/mol. The maximum atomic E-state index is 13.2. The van der Waals surface area contributed by atoms with Crippen LogP contribution < -0.4 is 5.32 Å². The van der Waals surface area contributed by atoms with Crippen molar-refractivity contribution in [3.05, 3.63) is 35.6 Å². The van der Waals surface area contributed by atoms with E-state index in [9.17, 15) is 14.0 Å². The molecule has 0 radical (unpaired) electrons. The molecule has 1 atom stereocenters. The molecule has 0 unspecified atom stereocenters. The van der Waals surface area contributed by atoms with Crippen LogP contribution in [0.4, 0.5) is 4.39 Å². The van der Waals surface area contributed by atoms with Crippen molar-refractivity contribution in [1.29, 1.82) is 0 Å². The van der Waals surface area contributed by atoms with Crippen LogP contribution in [-0.4, -0.2) is 43.0 Å². The summed E-state index contributed by atoms with van der Waals surface area (Å²) >= 11 is 0. The van der Waals surface area contributed by atoms with E-state index in [0.717, 1.165) is 5.56 Å². The normalized spacial score (nSPS) is 18.1. The number of rotatable bonds is 7. The van der Waals surface area contributed by atoms with Crippen LogP contribution in [0.25, 0.3) is 0 Å². The van der Waals surface area contributed by atoms with Gasteiger partial charge < -0.3 is 15.0 Å². The largest absolute Gasteiger partial charge is 0.380 e. The summed E-state index contributed by atoms with van der Waals surface area (Å²) in [6, 6.07) is 6.19. The number of hydrogen-bond acceptors (Lipinski definition) is 3. The molecular weight excluding hydrogens is 299 g/mol. The summed E-state index contributed by atoms with van der Waals surface area (Å²) in [5.41, 5.74) is 0.732. The Balaban J connectivity index is 1.88. The Bertz CT molecular complexity index is 550. The number of ether oxygens (including phenoxy) is 1. The first kappa shape index (κ1) is 17.4. The lowest BCUT2D eigenvalue weighted by molar-refractivity contribution is -0.139. The highest BCUT2D eigenvalue weighted by Crippen LogP contribution is 2.20. The summed E-state index contributed by atoms with van der Waals surface area (Å²) in [6.45, 7) is 4.19. The van der Waals surface area contributed by atoms with E-state index in [1.54, 1.807) is 17.0 Å². The third kappa shape index (κ3) is 5.32. The Kier molecular flexibility index (Phi) is 6.52. The van der Waals surface area contributed by atoms with Gasteiger partial charge in [-0.1, -0.05) is 12.1 Å². The van der Waals surface area contributed by atoms with Crippen molar-refractivity contribution in [2.75, 3.05) is 26.3 Å². The topological polar surface area (TPSA) is 58.6 Å². The molecule has 2 rings (SSSR count). The van der Waals surface area contributed by atoms with E-state index in [4.69, 9.17) is 4.74 Å². The number of carbonyl (C=O) groups is 2. The molecule has 0 aromatic heterocycles. The van der Waals surface area contributed by atoms with Crippen molar-refractivity contribution >= 4 is 11.8 Å². The van der Waals surface area contributed by atoms with Gasteiger partial charge in [0.15, 0.2) is 0 Å². The number of nitrogens with zero attached hydrogens (tertiary/aromatic N) is 1. The van der Waals surface area contributed by atoms with Gasteiger partial charge in [-0.05, 0) is 31.0 Å². The quantitative estimate of drug-likeness (QED) is 0.778. The van der Waals surface area contributed by atoms with Crippen LogP contribution in [0.2, 0.25) is 0 Å². The molecule has 1 aliphatic rings. The number of hydrogen-bond donors (Lipinski definition) is 1. The first-order valence-electron chi connectivity index (χ1n) is 7.97. The monoisotopic (exact) mass is 322 g/mol. The fourth-order valence-electron chi connectivity index (χ4n) is 2.67. The van der Waals surface area contributed by atoms with Crippen LogP contribution in [0.3, 0.4) is 0 Å². The SMILES string of the molecule is CCOCCNC(=O)[C@@H]1CCC(=O)N(Cc2cccc(F)c2)C1. The summed E-state index contributed by atoms with van der Waals surface area (Å²) in [5, 5.41) is 2.83. The van der Waals surface area contributed by atoms with Crippen LogP contribution in [0.15, 0.2) is 24.3 Å². The van der Waals surface area contributed by atoms with Gasteiger partial charge in [-0.2, -0.15) is 0 Å². The maximum Gasteiger partial charge on any atom is 0.224 e. The van der Waals surface area contributed by atoms with E-state index in [-0.39, 0.29) is 23.5 Å². The fraction of sp³-hybridized carbons (Fsp3) is 0.529. The van der Waals surface area contributed by atoms with Gasteiger partial charge in [-0.25, -0.2) is 4.39 Å². The lowest BCUT2D eigenvalue weighted by atomic mass is 9.96. The molecule has 126 valence electrons. The lowest BCUT2D eigenvalue weighted by Gasteiger charge is -2.32. The van der Waals surface area contributed by atoms with Gasteiger partial charge in [0, 0.05) is 32.7 Å². The lowest BCUT2D eigenvalue weighted by Crippen LogP contribution is -2.45. The zero-order chi connectivity index (χ0) is 16.7. The summed E-state index contributed by atoms with van der Waals surface area (Å²) in [6.07, 6.45) is 0.901. The molecule has 1 aliphatic heterocycles. The zero-order valence-corrected chi connectivity index (χ0v) is 13.4. The Hall–Kier alpha value is -1.95. The molecule has 1 aromatic rings. The number of likely N-dealkylation sites (tertiary alicyclic amines) is 1. The van der Waals surface area contributed by atoms with Crippen molar-refractivity contribution in [3.8, 4) is 0 Å².